The smallest absolute Gasteiger partial charge is 0.240 e. The van der Waals surface area contributed by atoms with E-state index in [2.05, 4.69) is 15.6 Å². The summed E-state index contributed by atoms with van der Waals surface area (Å²) in [6.07, 6.45) is 0. The first kappa shape index (κ1) is 16.7. The summed E-state index contributed by atoms with van der Waals surface area (Å²) in [5, 5.41) is 5.56. The lowest BCUT2D eigenvalue weighted by molar-refractivity contribution is -0.123. The zero-order valence-corrected chi connectivity index (χ0v) is 14.9. The molecular formula is C19H17N3O3S. The second kappa shape index (κ2) is 6.84. The molecule has 2 atom stereocenters. The average Bonchev–Trinajstić information content (AvgIpc) is 3.15. The Morgan fingerprint density at radius 1 is 1.04 bits per heavy atom. The van der Waals surface area contributed by atoms with Crippen LogP contribution in [0.4, 0.5) is 11.4 Å². The van der Waals surface area contributed by atoms with Crippen molar-refractivity contribution in [1.29, 1.82) is 0 Å². The second-order valence-corrected chi connectivity index (χ2v) is 7.03. The van der Waals surface area contributed by atoms with E-state index in [1.54, 1.807) is 0 Å². The SMILES string of the molecule is CCOc1ccccc1N=C1NC(=O)[C@@H]([C@H]2C(=O)Nc3ccccc32)S1. The average molecular weight is 367 g/mol. The first-order chi connectivity index (χ1) is 12.7. The minimum Gasteiger partial charge on any atom is -0.492 e. The van der Waals surface area contributed by atoms with Crippen molar-refractivity contribution in [1.82, 2.24) is 5.32 Å². The number of anilines is 1. The normalized spacial score (nSPS) is 22.9. The van der Waals surface area contributed by atoms with Gasteiger partial charge in [0, 0.05) is 5.69 Å². The first-order valence-electron chi connectivity index (χ1n) is 8.35. The topological polar surface area (TPSA) is 79.8 Å². The maximum absolute atomic E-state index is 12.5. The molecule has 1 fully saturated rings. The number of nitrogens with one attached hydrogen (secondary N) is 2. The third-order valence-corrected chi connectivity index (χ3v) is 5.41. The van der Waals surface area contributed by atoms with E-state index < -0.39 is 11.2 Å². The summed E-state index contributed by atoms with van der Waals surface area (Å²) in [5.41, 5.74) is 2.26. The summed E-state index contributed by atoms with van der Waals surface area (Å²) in [4.78, 5) is 29.4. The number of ether oxygens (including phenoxy) is 1. The van der Waals surface area contributed by atoms with E-state index in [-0.39, 0.29) is 11.8 Å². The number of rotatable bonds is 4. The Labute approximate surface area is 155 Å². The molecule has 2 aromatic carbocycles. The van der Waals surface area contributed by atoms with E-state index in [1.807, 2.05) is 55.5 Å². The Hall–Kier alpha value is -2.80. The standard InChI is InChI=1S/C19H17N3O3S/c1-2-25-14-10-6-5-9-13(14)21-19-22-18(24)16(26-19)15-11-7-3-4-8-12(11)20-17(15)23/h3-10,15-16H,2H2,1H3,(H,20,23)(H,21,22,24)/t15-,16+/m0/s1. The number of hydrogen-bond donors (Lipinski definition) is 2. The van der Waals surface area contributed by atoms with Gasteiger partial charge in [0.25, 0.3) is 0 Å². The summed E-state index contributed by atoms with van der Waals surface area (Å²) in [6.45, 7) is 2.44. The molecule has 0 spiro atoms. The molecule has 0 aromatic heterocycles. The summed E-state index contributed by atoms with van der Waals surface area (Å²) in [6, 6.07) is 14.9. The van der Waals surface area contributed by atoms with Crippen molar-refractivity contribution in [3.05, 3.63) is 54.1 Å². The Morgan fingerprint density at radius 2 is 1.81 bits per heavy atom. The molecule has 7 heteroatoms. The van der Waals surface area contributed by atoms with Crippen LogP contribution in [0.1, 0.15) is 18.4 Å². The molecule has 6 nitrogen and oxygen atoms in total. The van der Waals surface area contributed by atoms with Crippen LogP contribution in [0, 0.1) is 0 Å². The van der Waals surface area contributed by atoms with Gasteiger partial charge in [-0.1, -0.05) is 42.1 Å². The van der Waals surface area contributed by atoms with Crippen molar-refractivity contribution < 1.29 is 14.3 Å². The predicted molar refractivity (Wildman–Crippen MR) is 102 cm³/mol. The molecule has 2 aromatic rings. The molecule has 2 amide bonds. The molecule has 4 rings (SSSR count). The highest BCUT2D eigenvalue weighted by Gasteiger charge is 2.45. The molecule has 2 N–H and O–H groups in total. The first-order valence-corrected chi connectivity index (χ1v) is 9.23. The van der Waals surface area contributed by atoms with Crippen molar-refractivity contribution in [3.63, 3.8) is 0 Å². The maximum Gasteiger partial charge on any atom is 0.240 e. The molecule has 0 saturated carbocycles. The Kier molecular flexibility index (Phi) is 4.38. The largest absolute Gasteiger partial charge is 0.492 e. The van der Waals surface area contributed by atoms with Gasteiger partial charge in [0.15, 0.2) is 5.17 Å². The van der Waals surface area contributed by atoms with E-state index in [4.69, 9.17) is 4.74 Å². The van der Waals surface area contributed by atoms with E-state index in [0.29, 0.717) is 23.2 Å². The van der Waals surface area contributed by atoms with Crippen LogP contribution in [-0.4, -0.2) is 28.8 Å². The van der Waals surface area contributed by atoms with Gasteiger partial charge in [-0.3, -0.25) is 9.59 Å². The third-order valence-electron chi connectivity index (χ3n) is 4.25. The second-order valence-electron chi connectivity index (χ2n) is 5.90. The number of para-hydroxylation sites is 3. The molecule has 0 aliphatic carbocycles. The zero-order chi connectivity index (χ0) is 18.1. The van der Waals surface area contributed by atoms with Crippen LogP contribution in [0.3, 0.4) is 0 Å². The monoisotopic (exact) mass is 367 g/mol. The van der Waals surface area contributed by atoms with Gasteiger partial charge in [-0.15, -0.1) is 0 Å². The number of aliphatic imine (C=N–C) groups is 1. The third kappa shape index (κ3) is 2.94. The summed E-state index contributed by atoms with van der Waals surface area (Å²) in [7, 11) is 0. The highest BCUT2D eigenvalue weighted by atomic mass is 32.2. The number of amides is 2. The number of fused-ring (bicyclic) bond motifs is 1. The van der Waals surface area contributed by atoms with Crippen molar-refractivity contribution in [2.45, 2.75) is 18.1 Å². The zero-order valence-electron chi connectivity index (χ0n) is 14.1. The van der Waals surface area contributed by atoms with Crippen LogP contribution < -0.4 is 15.4 Å². The van der Waals surface area contributed by atoms with E-state index in [9.17, 15) is 9.59 Å². The molecule has 0 bridgehead atoms. The highest BCUT2D eigenvalue weighted by molar-refractivity contribution is 8.15. The molecule has 0 unspecified atom stereocenters. The number of carbonyl (C=O) groups excluding carboxylic acids is 2. The molecular weight excluding hydrogens is 350 g/mol. The number of amidine groups is 1. The molecule has 2 aliphatic heterocycles. The molecule has 1 saturated heterocycles. The van der Waals surface area contributed by atoms with Crippen LogP contribution in [0.5, 0.6) is 5.75 Å². The maximum atomic E-state index is 12.5. The van der Waals surface area contributed by atoms with Crippen molar-refractivity contribution in [2.75, 3.05) is 11.9 Å². The number of nitrogens with zero attached hydrogens (tertiary/aromatic N) is 1. The fraction of sp³-hybridized carbons (Fsp3) is 0.211. The van der Waals surface area contributed by atoms with Gasteiger partial charge in [0.2, 0.25) is 11.8 Å². The summed E-state index contributed by atoms with van der Waals surface area (Å²) < 4.78 is 5.57. The van der Waals surface area contributed by atoms with Gasteiger partial charge in [-0.05, 0) is 30.7 Å². The van der Waals surface area contributed by atoms with Crippen molar-refractivity contribution in [2.24, 2.45) is 4.99 Å². The molecule has 26 heavy (non-hydrogen) atoms. The highest BCUT2D eigenvalue weighted by Crippen LogP contribution is 2.41. The van der Waals surface area contributed by atoms with Gasteiger partial charge >= 0.3 is 0 Å². The molecule has 2 aliphatic rings. The Bertz CT molecular complexity index is 912. The minimum absolute atomic E-state index is 0.158. The van der Waals surface area contributed by atoms with E-state index >= 15 is 0 Å². The molecule has 132 valence electrons. The van der Waals surface area contributed by atoms with Crippen LogP contribution in [0.15, 0.2) is 53.5 Å². The van der Waals surface area contributed by atoms with Crippen molar-refractivity contribution >= 4 is 40.1 Å². The molecule has 0 radical (unpaired) electrons. The fourth-order valence-electron chi connectivity index (χ4n) is 3.12. The van der Waals surface area contributed by atoms with Crippen LogP contribution >= 0.6 is 11.8 Å². The summed E-state index contributed by atoms with van der Waals surface area (Å²) in [5.74, 6) is -0.231. The van der Waals surface area contributed by atoms with Crippen LogP contribution in [0.25, 0.3) is 0 Å². The van der Waals surface area contributed by atoms with Gasteiger partial charge in [0.1, 0.15) is 16.7 Å². The van der Waals surface area contributed by atoms with E-state index in [1.165, 1.54) is 11.8 Å². The lowest BCUT2D eigenvalue weighted by atomic mass is 9.96. The Balaban J connectivity index is 1.61. The Morgan fingerprint density at radius 3 is 2.65 bits per heavy atom. The number of benzene rings is 2. The lowest BCUT2D eigenvalue weighted by Crippen LogP contribution is -2.31. The number of carbonyl (C=O) groups is 2. The van der Waals surface area contributed by atoms with E-state index in [0.717, 1.165) is 11.3 Å². The van der Waals surface area contributed by atoms with Gasteiger partial charge in [-0.25, -0.2) is 4.99 Å². The van der Waals surface area contributed by atoms with Crippen LogP contribution in [0.2, 0.25) is 0 Å². The van der Waals surface area contributed by atoms with Gasteiger partial charge in [0.05, 0.1) is 12.5 Å². The predicted octanol–water partition coefficient (Wildman–Crippen LogP) is 3.04. The molecule has 2 heterocycles. The lowest BCUT2D eigenvalue weighted by Gasteiger charge is -2.12. The van der Waals surface area contributed by atoms with Crippen molar-refractivity contribution in [3.8, 4) is 5.75 Å². The fourth-order valence-corrected chi connectivity index (χ4v) is 4.25. The van der Waals surface area contributed by atoms with Crippen LogP contribution in [-0.2, 0) is 9.59 Å². The minimum atomic E-state index is -0.545. The van der Waals surface area contributed by atoms with Gasteiger partial charge < -0.3 is 15.4 Å². The quantitative estimate of drug-likeness (QED) is 0.870. The number of hydrogen-bond acceptors (Lipinski definition) is 5. The summed E-state index contributed by atoms with van der Waals surface area (Å²) >= 11 is 1.28. The number of thioether (sulfide) groups is 1. The van der Waals surface area contributed by atoms with Gasteiger partial charge in [-0.2, -0.15) is 0 Å².